The number of rotatable bonds is 6. The van der Waals surface area contributed by atoms with E-state index in [9.17, 15) is 8.42 Å². The minimum atomic E-state index is -3.06. The van der Waals surface area contributed by atoms with Crippen LogP contribution in [0.25, 0.3) is 0 Å². The highest BCUT2D eigenvalue weighted by molar-refractivity contribution is 7.88. The van der Waals surface area contributed by atoms with E-state index in [1.807, 2.05) is 0 Å². The van der Waals surface area contributed by atoms with Crippen molar-refractivity contribution >= 4 is 16.0 Å². The molecule has 0 amide bonds. The monoisotopic (exact) mass is 290 g/mol. The lowest BCUT2D eigenvalue weighted by atomic mass is 10.1. The number of guanidine groups is 1. The van der Waals surface area contributed by atoms with Gasteiger partial charge in [-0.2, -0.15) is 0 Å². The standard InChI is InChI=1S/C12H26N4O2S/c1-10(2)4-6-14-12(13)15-8-11-5-7-16(9-11)19(3,17)18/h10-11H,4-9H2,1-3H3,(H3,13,14,15). The van der Waals surface area contributed by atoms with E-state index in [-0.39, 0.29) is 5.92 Å². The molecule has 3 N–H and O–H groups in total. The van der Waals surface area contributed by atoms with Crippen molar-refractivity contribution in [3.05, 3.63) is 0 Å². The summed E-state index contributed by atoms with van der Waals surface area (Å²) in [6.45, 7) is 6.89. The number of sulfonamides is 1. The third-order valence-corrected chi connectivity index (χ3v) is 4.53. The van der Waals surface area contributed by atoms with E-state index in [1.165, 1.54) is 10.6 Å². The molecule has 1 heterocycles. The molecule has 7 heteroatoms. The second-order valence-corrected chi connectivity index (χ2v) is 7.59. The molecule has 0 spiro atoms. The average molecular weight is 290 g/mol. The molecule has 0 aromatic carbocycles. The van der Waals surface area contributed by atoms with E-state index in [0.29, 0.717) is 31.5 Å². The summed E-state index contributed by atoms with van der Waals surface area (Å²) >= 11 is 0. The molecule has 0 radical (unpaired) electrons. The Kier molecular flexibility index (Phi) is 6.06. The van der Waals surface area contributed by atoms with Crippen molar-refractivity contribution in [1.29, 1.82) is 0 Å². The Morgan fingerprint density at radius 2 is 2.21 bits per heavy atom. The van der Waals surface area contributed by atoms with Gasteiger partial charge in [0.15, 0.2) is 5.96 Å². The van der Waals surface area contributed by atoms with E-state index in [0.717, 1.165) is 19.4 Å². The van der Waals surface area contributed by atoms with Gasteiger partial charge in [0.2, 0.25) is 10.0 Å². The maximum atomic E-state index is 11.4. The van der Waals surface area contributed by atoms with Gasteiger partial charge in [-0.25, -0.2) is 12.7 Å². The van der Waals surface area contributed by atoms with Crippen molar-refractivity contribution in [2.45, 2.75) is 26.7 Å². The number of aliphatic imine (C=N–C) groups is 1. The van der Waals surface area contributed by atoms with E-state index < -0.39 is 10.0 Å². The fourth-order valence-electron chi connectivity index (χ4n) is 2.02. The quantitative estimate of drug-likeness (QED) is 0.541. The summed E-state index contributed by atoms with van der Waals surface area (Å²) in [4.78, 5) is 4.28. The number of hydrogen-bond acceptors (Lipinski definition) is 3. The Bertz CT molecular complexity index is 406. The Balaban J connectivity index is 2.29. The second-order valence-electron chi connectivity index (χ2n) is 5.61. The first kappa shape index (κ1) is 16.2. The van der Waals surface area contributed by atoms with Gasteiger partial charge in [0.05, 0.1) is 6.26 Å². The normalized spacial score (nSPS) is 22.1. The largest absolute Gasteiger partial charge is 0.370 e. The molecular formula is C12H26N4O2S. The van der Waals surface area contributed by atoms with E-state index >= 15 is 0 Å². The third-order valence-electron chi connectivity index (χ3n) is 3.27. The molecule has 1 atom stereocenters. The molecule has 0 saturated carbocycles. The van der Waals surface area contributed by atoms with Gasteiger partial charge in [0.1, 0.15) is 0 Å². The fraction of sp³-hybridized carbons (Fsp3) is 0.917. The summed E-state index contributed by atoms with van der Waals surface area (Å²) in [5.41, 5.74) is 5.77. The van der Waals surface area contributed by atoms with Crippen LogP contribution in [-0.2, 0) is 10.0 Å². The van der Waals surface area contributed by atoms with Crippen LogP contribution in [-0.4, -0.2) is 51.1 Å². The van der Waals surface area contributed by atoms with Crippen molar-refractivity contribution in [2.24, 2.45) is 22.6 Å². The molecule has 1 rings (SSSR count). The maximum absolute atomic E-state index is 11.4. The molecule has 0 aliphatic carbocycles. The molecular weight excluding hydrogens is 264 g/mol. The van der Waals surface area contributed by atoms with Gasteiger partial charge in [0, 0.05) is 26.2 Å². The van der Waals surface area contributed by atoms with Crippen molar-refractivity contribution in [2.75, 3.05) is 32.4 Å². The van der Waals surface area contributed by atoms with Crippen LogP contribution in [0.3, 0.4) is 0 Å². The van der Waals surface area contributed by atoms with E-state index in [2.05, 4.69) is 24.2 Å². The van der Waals surface area contributed by atoms with Gasteiger partial charge in [-0.1, -0.05) is 13.8 Å². The number of nitrogens with two attached hydrogens (primary N) is 1. The molecule has 0 aromatic rings. The molecule has 0 bridgehead atoms. The fourth-order valence-corrected chi connectivity index (χ4v) is 2.94. The summed E-state index contributed by atoms with van der Waals surface area (Å²) in [7, 11) is -3.06. The maximum Gasteiger partial charge on any atom is 0.211 e. The van der Waals surface area contributed by atoms with Gasteiger partial charge < -0.3 is 11.1 Å². The smallest absolute Gasteiger partial charge is 0.211 e. The molecule has 0 aromatic heterocycles. The van der Waals surface area contributed by atoms with Gasteiger partial charge in [-0.05, 0) is 24.7 Å². The highest BCUT2D eigenvalue weighted by Gasteiger charge is 2.28. The summed E-state index contributed by atoms with van der Waals surface area (Å²) < 4.78 is 24.3. The average Bonchev–Trinajstić information content (AvgIpc) is 2.74. The molecule has 112 valence electrons. The molecule has 1 fully saturated rings. The Hall–Kier alpha value is -0.820. The Morgan fingerprint density at radius 1 is 1.53 bits per heavy atom. The van der Waals surface area contributed by atoms with Gasteiger partial charge in [-0.15, -0.1) is 0 Å². The van der Waals surface area contributed by atoms with Crippen LogP contribution >= 0.6 is 0 Å². The predicted molar refractivity (Wildman–Crippen MR) is 78.5 cm³/mol. The van der Waals surface area contributed by atoms with E-state index in [4.69, 9.17) is 5.73 Å². The van der Waals surface area contributed by atoms with Gasteiger partial charge >= 0.3 is 0 Å². The van der Waals surface area contributed by atoms with Crippen LogP contribution in [0.1, 0.15) is 26.7 Å². The van der Waals surface area contributed by atoms with Crippen LogP contribution in [0.5, 0.6) is 0 Å². The van der Waals surface area contributed by atoms with Crippen LogP contribution < -0.4 is 11.1 Å². The second kappa shape index (κ2) is 7.09. The topological polar surface area (TPSA) is 87.8 Å². The van der Waals surface area contributed by atoms with Crippen molar-refractivity contribution in [3.8, 4) is 0 Å². The minimum absolute atomic E-state index is 0.278. The SMILES string of the molecule is CC(C)CCNC(N)=NCC1CCN(S(C)(=O)=O)C1. The van der Waals surface area contributed by atoms with Gasteiger partial charge in [0.25, 0.3) is 0 Å². The molecule has 19 heavy (non-hydrogen) atoms. The number of hydrogen-bond donors (Lipinski definition) is 2. The van der Waals surface area contributed by atoms with Crippen molar-refractivity contribution in [1.82, 2.24) is 9.62 Å². The van der Waals surface area contributed by atoms with Crippen LogP contribution in [0.4, 0.5) is 0 Å². The molecule has 1 saturated heterocycles. The van der Waals surface area contributed by atoms with Gasteiger partial charge in [-0.3, -0.25) is 4.99 Å². The molecule has 1 aliphatic heterocycles. The van der Waals surface area contributed by atoms with Crippen LogP contribution in [0.2, 0.25) is 0 Å². The zero-order valence-electron chi connectivity index (χ0n) is 12.1. The lowest BCUT2D eigenvalue weighted by Crippen LogP contribution is -2.33. The molecule has 1 unspecified atom stereocenters. The predicted octanol–water partition coefficient (Wildman–Crippen LogP) is 0.218. The zero-order chi connectivity index (χ0) is 14.5. The Morgan fingerprint density at radius 3 is 2.74 bits per heavy atom. The molecule has 1 aliphatic rings. The number of nitrogens with zero attached hydrogens (tertiary/aromatic N) is 2. The van der Waals surface area contributed by atoms with Crippen LogP contribution in [0, 0.1) is 11.8 Å². The first-order valence-corrected chi connectivity index (χ1v) is 8.62. The summed E-state index contributed by atoms with van der Waals surface area (Å²) in [5, 5.41) is 3.08. The lowest BCUT2D eigenvalue weighted by molar-refractivity contribution is 0.464. The Labute approximate surface area is 116 Å². The minimum Gasteiger partial charge on any atom is -0.370 e. The number of nitrogens with one attached hydrogen (secondary N) is 1. The third kappa shape index (κ3) is 6.24. The summed E-state index contributed by atoms with van der Waals surface area (Å²) in [5.74, 6) is 1.37. The summed E-state index contributed by atoms with van der Waals surface area (Å²) in [6.07, 6.45) is 3.16. The van der Waals surface area contributed by atoms with Crippen molar-refractivity contribution < 1.29 is 8.42 Å². The zero-order valence-corrected chi connectivity index (χ0v) is 12.9. The first-order chi connectivity index (χ1) is 8.79. The summed E-state index contributed by atoms with van der Waals surface area (Å²) in [6, 6.07) is 0. The highest BCUT2D eigenvalue weighted by Crippen LogP contribution is 2.18. The van der Waals surface area contributed by atoms with Crippen molar-refractivity contribution in [3.63, 3.8) is 0 Å². The van der Waals surface area contributed by atoms with Crippen LogP contribution in [0.15, 0.2) is 4.99 Å². The van der Waals surface area contributed by atoms with E-state index in [1.54, 1.807) is 0 Å². The highest BCUT2D eigenvalue weighted by atomic mass is 32.2. The first-order valence-electron chi connectivity index (χ1n) is 6.78. The molecule has 6 nitrogen and oxygen atoms in total. The lowest BCUT2D eigenvalue weighted by Gasteiger charge is -2.12.